The number of nitrogens with one attached hydrogen (secondary N) is 1. The van der Waals surface area contributed by atoms with Crippen LogP contribution in [0.2, 0.25) is 0 Å². The molecule has 1 aromatic heterocycles. The summed E-state index contributed by atoms with van der Waals surface area (Å²) in [5, 5.41) is 7.28. The van der Waals surface area contributed by atoms with Crippen LogP contribution in [0, 0.1) is 13.8 Å². The summed E-state index contributed by atoms with van der Waals surface area (Å²) in [6.45, 7) is 8.10. The van der Waals surface area contributed by atoms with Crippen LogP contribution in [0.1, 0.15) is 41.0 Å². The molecule has 0 spiro atoms. The number of hydrogen-bond donors (Lipinski definition) is 1. The fraction of sp³-hybridized carbons (Fsp3) is 0.500. The summed E-state index contributed by atoms with van der Waals surface area (Å²) in [5.74, 6) is 0.168. The largest absolute Gasteiger partial charge is 0.337 e. The fourth-order valence-electron chi connectivity index (χ4n) is 4.33. The maximum atomic E-state index is 13.0. The lowest BCUT2D eigenvalue weighted by molar-refractivity contribution is 0.0743. The molecule has 1 amide bonds. The van der Waals surface area contributed by atoms with E-state index in [1.54, 1.807) is 0 Å². The monoisotopic (exact) mass is 338 g/mol. The van der Waals surface area contributed by atoms with Gasteiger partial charge >= 0.3 is 0 Å². The Bertz CT molecular complexity index is 745. The molecule has 5 nitrogen and oxygen atoms in total. The molecule has 0 radical (unpaired) electrons. The molecular weight excluding hydrogens is 312 g/mol. The Balaban J connectivity index is 1.52. The Hall–Kier alpha value is -2.14. The second kappa shape index (κ2) is 6.64. The first-order valence-electron chi connectivity index (χ1n) is 9.29. The molecule has 3 heterocycles. The number of aromatic amines is 1. The van der Waals surface area contributed by atoms with Crippen LogP contribution in [0.15, 0.2) is 24.3 Å². The van der Waals surface area contributed by atoms with Crippen LogP contribution in [-0.2, 0) is 0 Å². The summed E-state index contributed by atoms with van der Waals surface area (Å²) < 4.78 is 0. The minimum Gasteiger partial charge on any atom is -0.337 e. The topological polar surface area (TPSA) is 52.2 Å². The van der Waals surface area contributed by atoms with Crippen LogP contribution in [0.25, 0.3) is 11.1 Å². The molecule has 0 aliphatic carbocycles. The predicted molar refractivity (Wildman–Crippen MR) is 98.6 cm³/mol. The van der Waals surface area contributed by atoms with E-state index in [4.69, 9.17) is 0 Å². The van der Waals surface area contributed by atoms with Crippen molar-refractivity contribution in [3.8, 4) is 11.1 Å². The Morgan fingerprint density at radius 2 is 1.88 bits per heavy atom. The molecule has 0 bridgehead atoms. The van der Waals surface area contributed by atoms with Crippen molar-refractivity contribution in [3.05, 3.63) is 41.2 Å². The van der Waals surface area contributed by atoms with Gasteiger partial charge in [-0.2, -0.15) is 5.10 Å². The zero-order chi connectivity index (χ0) is 17.4. The average Bonchev–Trinajstić information content (AvgIpc) is 3.14. The summed E-state index contributed by atoms with van der Waals surface area (Å²) in [6.07, 6.45) is 3.57. The lowest BCUT2D eigenvalue weighted by atomic mass is 10.0. The molecule has 1 atom stereocenters. The van der Waals surface area contributed by atoms with Gasteiger partial charge in [0.25, 0.3) is 5.91 Å². The number of H-pyrrole nitrogens is 1. The highest BCUT2D eigenvalue weighted by atomic mass is 16.2. The first-order chi connectivity index (χ1) is 12.1. The minimum atomic E-state index is 0.168. The van der Waals surface area contributed by atoms with Crippen molar-refractivity contribution >= 4 is 5.91 Å². The van der Waals surface area contributed by atoms with Gasteiger partial charge in [0.2, 0.25) is 0 Å². The standard InChI is InChI=1S/C20H26N4O/c1-14-19(15(2)22-21-14)16-6-8-17(9-7-16)20(25)24-12-4-11-23-10-3-5-18(23)13-24/h6-9,18H,3-5,10-13H2,1-2H3,(H,21,22). The molecule has 2 saturated heterocycles. The van der Waals surface area contributed by atoms with E-state index in [0.29, 0.717) is 6.04 Å². The highest BCUT2D eigenvalue weighted by Crippen LogP contribution is 2.26. The molecule has 4 rings (SSSR count). The van der Waals surface area contributed by atoms with E-state index in [1.165, 1.54) is 19.4 Å². The third-order valence-corrected chi connectivity index (χ3v) is 5.64. The summed E-state index contributed by atoms with van der Waals surface area (Å²) >= 11 is 0. The number of benzene rings is 1. The number of aryl methyl sites for hydroxylation is 2. The van der Waals surface area contributed by atoms with E-state index < -0.39 is 0 Å². The quantitative estimate of drug-likeness (QED) is 0.916. The second-order valence-corrected chi connectivity index (χ2v) is 7.32. The molecule has 2 aliphatic rings. The van der Waals surface area contributed by atoms with Gasteiger partial charge in [-0.1, -0.05) is 12.1 Å². The van der Waals surface area contributed by atoms with Gasteiger partial charge in [-0.25, -0.2) is 0 Å². The fourth-order valence-corrected chi connectivity index (χ4v) is 4.33. The number of hydrogen-bond acceptors (Lipinski definition) is 3. The van der Waals surface area contributed by atoms with Crippen LogP contribution in [0.5, 0.6) is 0 Å². The van der Waals surface area contributed by atoms with Crippen molar-refractivity contribution in [2.45, 2.75) is 39.2 Å². The van der Waals surface area contributed by atoms with Crippen LogP contribution in [-0.4, -0.2) is 58.1 Å². The van der Waals surface area contributed by atoms with E-state index in [1.807, 2.05) is 38.1 Å². The number of aromatic nitrogens is 2. The number of nitrogens with zero attached hydrogens (tertiary/aromatic N) is 3. The summed E-state index contributed by atoms with van der Waals surface area (Å²) in [6, 6.07) is 8.55. The van der Waals surface area contributed by atoms with E-state index in [-0.39, 0.29) is 5.91 Å². The van der Waals surface area contributed by atoms with Gasteiger partial charge < -0.3 is 4.90 Å². The number of carbonyl (C=O) groups excluding carboxylic acids is 1. The molecule has 2 fully saturated rings. The number of fused-ring (bicyclic) bond motifs is 1. The molecule has 25 heavy (non-hydrogen) atoms. The van der Waals surface area contributed by atoms with E-state index in [2.05, 4.69) is 20.0 Å². The zero-order valence-electron chi connectivity index (χ0n) is 15.1. The molecule has 2 aromatic rings. The first-order valence-corrected chi connectivity index (χ1v) is 9.29. The van der Waals surface area contributed by atoms with E-state index in [9.17, 15) is 4.79 Å². The lowest BCUT2D eigenvalue weighted by Crippen LogP contribution is -2.39. The predicted octanol–water partition coefficient (Wildman–Crippen LogP) is 3.00. The van der Waals surface area contributed by atoms with Crippen molar-refractivity contribution in [1.82, 2.24) is 20.0 Å². The normalized spacial score (nSPS) is 21.2. The van der Waals surface area contributed by atoms with Gasteiger partial charge in [-0.3, -0.25) is 14.8 Å². The van der Waals surface area contributed by atoms with Crippen LogP contribution in [0.3, 0.4) is 0 Å². The number of rotatable bonds is 2. The summed E-state index contributed by atoms with van der Waals surface area (Å²) in [7, 11) is 0. The maximum Gasteiger partial charge on any atom is 0.253 e. The molecular formula is C20H26N4O. The smallest absolute Gasteiger partial charge is 0.253 e. The highest BCUT2D eigenvalue weighted by molar-refractivity contribution is 5.94. The van der Waals surface area contributed by atoms with Crippen molar-refractivity contribution < 1.29 is 4.79 Å². The number of amides is 1. The number of carbonyl (C=O) groups is 1. The summed E-state index contributed by atoms with van der Waals surface area (Å²) in [5.41, 5.74) is 5.08. The van der Waals surface area contributed by atoms with Crippen LogP contribution < -0.4 is 0 Å². The molecule has 0 saturated carbocycles. The first kappa shape index (κ1) is 16.3. The maximum absolute atomic E-state index is 13.0. The molecule has 1 aromatic carbocycles. The third kappa shape index (κ3) is 3.09. The van der Waals surface area contributed by atoms with Gasteiger partial charge in [-0.15, -0.1) is 0 Å². The van der Waals surface area contributed by atoms with Crippen molar-refractivity contribution in [3.63, 3.8) is 0 Å². The third-order valence-electron chi connectivity index (χ3n) is 5.64. The Morgan fingerprint density at radius 1 is 1.12 bits per heavy atom. The molecule has 1 unspecified atom stereocenters. The summed E-state index contributed by atoms with van der Waals surface area (Å²) in [4.78, 5) is 17.6. The second-order valence-electron chi connectivity index (χ2n) is 7.32. The minimum absolute atomic E-state index is 0.168. The Morgan fingerprint density at radius 3 is 2.60 bits per heavy atom. The average molecular weight is 338 g/mol. The van der Waals surface area contributed by atoms with E-state index >= 15 is 0 Å². The van der Waals surface area contributed by atoms with Crippen molar-refractivity contribution in [2.75, 3.05) is 26.2 Å². The van der Waals surface area contributed by atoms with Gasteiger partial charge in [0.1, 0.15) is 0 Å². The Labute approximate surface area is 149 Å². The molecule has 132 valence electrons. The Kier molecular flexibility index (Phi) is 4.34. The van der Waals surface area contributed by atoms with Crippen molar-refractivity contribution in [2.24, 2.45) is 0 Å². The molecule has 5 heteroatoms. The highest BCUT2D eigenvalue weighted by Gasteiger charge is 2.30. The van der Waals surface area contributed by atoms with E-state index in [0.717, 1.165) is 54.1 Å². The zero-order valence-corrected chi connectivity index (χ0v) is 15.1. The van der Waals surface area contributed by atoms with Gasteiger partial charge in [-0.05, 0) is 57.4 Å². The van der Waals surface area contributed by atoms with Crippen LogP contribution >= 0.6 is 0 Å². The van der Waals surface area contributed by atoms with Gasteiger partial charge in [0.05, 0.1) is 5.69 Å². The van der Waals surface area contributed by atoms with Crippen LogP contribution in [0.4, 0.5) is 0 Å². The molecule has 1 N–H and O–H groups in total. The van der Waals surface area contributed by atoms with Gasteiger partial charge in [0.15, 0.2) is 0 Å². The lowest BCUT2D eigenvalue weighted by Gasteiger charge is -2.25. The van der Waals surface area contributed by atoms with Gasteiger partial charge in [0, 0.05) is 42.5 Å². The van der Waals surface area contributed by atoms with Crippen molar-refractivity contribution in [1.29, 1.82) is 0 Å². The molecule has 2 aliphatic heterocycles. The SMILES string of the molecule is Cc1n[nH]c(C)c1-c1ccc(C(=O)N2CCCN3CCCC3C2)cc1.